The molecule has 0 spiro atoms. The van der Waals surface area contributed by atoms with Gasteiger partial charge in [0.1, 0.15) is 12.4 Å². The molecule has 4 rings (SSSR count). The van der Waals surface area contributed by atoms with E-state index in [1.54, 1.807) is 12.4 Å². The molecule has 2 aliphatic rings. The summed E-state index contributed by atoms with van der Waals surface area (Å²) in [4.78, 5) is 6.66. The fourth-order valence-corrected chi connectivity index (χ4v) is 4.12. The number of nitrogens with one attached hydrogen (secondary N) is 1. The second-order valence-corrected chi connectivity index (χ2v) is 7.26. The zero-order chi connectivity index (χ0) is 17.0. The van der Waals surface area contributed by atoms with E-state index in [0.717, 1.165) is 24.4 Å². The van der Waals surface area contributed by atoms with Gasteiger partial charge in [0.15, 0.2) is 0 Å². The van der Waals surface area contributed by atoms with Crippen LogP contribution in [0.2, 0.25) is 0 Å². The number of nitrogens with zero attached hydrogens (tertiary/aromatic N) is 2. The Balaban J connectivity index is 1.44. The van der Waals surface area contributed by atoms with Crippen LogP contribution in [-0.2, 0) is 12.1 Å². The molecule has 3 heterocycles. The minimum atomic E-state index is 0.119. The van der Waals surface area contributed by atoms with Crippen molar-refractivity contribution < 1.29 is 4.74 Å². The molecule has 0 radical (unpaired) electrons. The quantitative estimate of drug-likeness (QED) is 0.877. The molecule has 4 nitrogen and oxygen atoms in total. The maximum atomic E-state index is 5.92. The van der Waals surface area contributed by atoms with E-state index in [9.17, 15) is 0 Å². The van der Waals surface area contributed by atoms with Crippen molar-refractivity contribution >= 4 is 0 Å². The first kappa shape index (κ1) is 16.6. The van der Waals surface area contributed by atoms with Crippen molar-refractivity contribution in [3.63, 3.8) is 0 Å². The number of hydrogen-bond donors (Lipinski definition) is 1. The van der Waals surface area contributed by atoms with Crippen LogP contribution in [0.15, 0.2) is 48.8 Å². The lowest BCUT2D eigenvalue weighted by molar-refractivity contribution is 0.226. The topological polar surface area (TPSA) is 37.4 Å². The first-order chi connectivity index (χ1) is 12.3. The molecule has 0 bridgehead atoms. The Kier molecular flexibility index (Phi) is 4.99. The van der Waals surface area contributed by atoms with Crippen molar-refractivity contribution in [1.29, 1.82) is 0 Å². The highest BCUT2D eigenvalue weighted by Crippen LogP contribution is 2.33. The highest BCUT2D eigenvalue weighted by molar-refractivity contribution is 5.33. The van der Waals surface area contributed by atoms with Crippen LogP contribution in [-0.4, -0.2) is 36.1 Å². The van der Waals surface area contributed by atoms with Gasteiger partial charge in [-0.1, -0.05) is 12.1 Å². The molecule has 1 N–H and O–H groups in total. The summed E-state index contributed by atoms with van der Waals surface area (Å²) in [6, 6.07) is 12.7. The van der Waals surface area contributed by atoms with Crippen LogP contribution in [0.1, 0.15) is 36.8 Å². The number of likely N-dealkylation sites (tertiary alicyclic amines) is 1. The van der Waals surface area contributed by atoms with Gasteiger partial charge in [-0.05, 0) is 80.7 Å². The van der Waals surface area contributed by atoms with Crippen LogP contribution in [0, 0.1) is 0 Å². The maximum absolute atomic E-state index is 5.92. The lowest BCUT2D eigenvalue weighted by atomic mass is 9.87. The van der Waals surface area contributed by atoms with Crippen molar-refractivity contribution in [1.82, 2.24) is 15.2 Å². The molecule has 2 fully saturated rings. The van der Waals surface area contributed by atoms with Crippen molar-refractivity contribution in [2.75, 3.05) is 26.2 Å². The van der Waals surface area contributed by atoms with E-state index in [-0.39, 0.29) is 5.54 Å². The minimum absolute atomic E-state index is 0.119. The van der Waals surface area contributed by atoms with E-state index >= 15 is 0 Å². The van der Waals surface area contributed by atoms with Gasteiger partial charge in [-0.25, -0.2) is 0 Å². The predicted molar refractivity (Wildman–Crippen MR) is 99.6 cm³/mol. The summed E-state index contributed by atoms with van der Waals surface area (Å²) in [6.45, 7) is 5.32. The third-order valence-electron chi connectivity index (χ3n) is 5.50. The fraction of sp³-hybridized carbons (Fsp3) is 0.476. The Morgan fingerprint density at radius 1 is 1.00 bits per heavy atom. The molecule has 132 valence electrons. The number of ether oxygens (including phenoxy) is 1. The Hall–Kier alpha value is -1.91. The van der Waals surface area contributed by atoms with E-state index in [1.807, 2.05) is 12.1 Å². The molecule has 4 heteroatoms. The number of rotatable bonds is 6. The Labute approximate surface area is 150 Å². The summed E-state index contributed by atoms with van der Waals surface area (Å²) in [5.41, 5.74) is 2.66. The van der Waals surface area contributed by atoms with E-state index in [4.69, 9.17) is 4.74 Å². The van der Waals surface area contributed by atoms with E-state index in [0.29, 0.717) is 6.61 Å². The van der Waals surface area contributed by atoms with Gasteiger partial charge in [-0.15, -0.1) is 0 Å². The fourth-order valence-electron chi connectivity index (χ4n) is 4.12. The van der Waals surface area contributed by atoms with Gasteiger partial charge in [-0.3, -0.25) is 4.98 Å². The minimum Gasteiger partial charge on any atom is -0.489 e. The van der Waals surface area contributed by atoms with Crippen LogP contribution in [0.25, 0.3) is 0 Å². The van der Waals surface area contributed by atoms with Crippen molar-refractivity contribution in [3.05, 3.63) is 59.9 Å². The van der Waals surface area contributed by atoms with Crippen molar-refractivity contribution in [2.45, 2.75) is 37.8 Å². The zero-order valence-corrected chi connectivity index (χ0v) is 14.8. The molecule has 1 atom stereocenters. The third kappa shape index (κ3) is 3.86. The van der Waals surface area contributed by atoms with Gasteiger partial charge >= 0.3 is 0 Å². The molecule has 2 saturated heterocycles. The smallest absolute Gasteiger partial charge is 0.119 e. The maximum Gasteiger partial charge on any atom is 0.119 e. The van der Waals surface area contributed by atoms with Gasteiger partial charge < -0.3 is 15.0 Å². The average Bonchev–Trinajstić information content (AvgIpc) is 3.34. The molecule has 0 aliphatic carbocycles. The molecular weight excluding hydrogens is 310 g/mol. The Morgan fingerprint density at radius 3 is 2.44 bits per heavy atom. The van der Waals surface area contributed by atoms with Crippen molar-refractivity contribution in [3.8, 4) is 5.75 Å². The summed E-state index contributed by atoms with van der Waals surface area (Å²) >= 11 is 0. The highest BCUT2D eigenvalue weighted by atomic mass is 16.5. The zero-order valence-electron chi connectivity index (χ0n) is 14.8. The Morgan fingerprint density at radius 2 is 1.76 bits per heavy atom. The van der Waals surface area contributed by atoms with E-state index in [2.05, 4.69) is 39.5 Å². The summed E-state index contributed by atoms with van der Waals surface area (Å²) in [5.74, 6) is 0.926. The third-order valence-corrected chi connectivity index (χ3v) is 5.50. The first-order valence-electron chi connectivity index (χ1n) is 9.44. The van der Waals surface area contributed by atoms with Crippen LogP contribution < -0.4 is 10.1 Å². The molecular formula is C21H27N3O. The summed E-state index contributed by atoms with van der Waals surface area (Å²) in [5, 5.41) is 3.80. The second kappa shape index (κ2) is 7.54. The summed E-state index contributed by atoms with van der Waals surface area (Å²) in [7, 11) is 0. The molecule has 2 aromatic rings. The SMILES string of the molecule is c1cc(COc2ccc([C@]3(CN4CCCC4)CCCN3)cc2)ccn1. The lowest BCUT2D eigenvalue weighted by Gasteiger charge is -2.34. The molecule has 2 aliphatic heterocycles. The summed E-state index contributed by atoms with van der Waals surface area (Å²) < 4.78 is 5.92. The highest BCUT2D eigenvalue weighted by Gasteiger charge is 2.37. The second-order valence-electron chi connectivity index (χ2n) is 7.26. The monoisotopic (exact) mass is 337 g/mol. The first-order valence-corrected chi connectivity index (χ1v) is 9.44. The molecule has 0 unspecified atom stereocenters. The van der Waals surface area contributed by atoms with Crippen LogP contribution in [0.5, 0.6) is 5.75 Å². The predicted octanol–water partition coefficient (Wildman–Crippen LogP) is 3.34. The van der Waals surface area contributed by atoms with E-state index < -0.39 is 0 Å². The number of benzene rings is 1. The molecule has 0 saturated carbocycles. The standard InChI is InChI=1S/C21H27N3O/c1-2-15-24(14-1)17-21(10-3-11-23-21)19-4-6-20(7-5-19)25-16-18-8-12-22-13-9-18/h4-9,12-13,23H,1-3,10-11,14-17H2/t21-/m1/s1. The van der Waals surface area contributed by atoms with Crippen LogP contribution in [0.4, 0.5) is 0 Å². The molecule has 1 aromatic carbocycles. The lowest BCUT2D eigenvalue weighted by Crippen LogP contribution is -2.46. The van der Waals surface area contributed by atoms with Crippen molar-refractivity contribution in [2.24, 2.45) is 0 Å². The Bertz CT molecular complexity index is 659. The van der Waals surface area contributed by atoms with Crippen LogP contribution in [0.3, 0.4) is 0 Å². The van der Waals surface area contributed by atoms with Gasteiger partial charge in [0.05, 0.1) is 5.54 Å². The van der Waals surface area contributed by atoms with Gasteiger partial charge in [0, 0.05) is 18.9 Å². The van der Waals surface area contributed by atoms with E-state index in [1.165, 1.54) is 44.3 Å². The average molecular weight is 337 g/mol. The number of hydrogen-bond acceptors (Lipinski definition) is 4. The van der Waals surface area contributed by atoms with Gasteiger partial charge in [0.25, 0.3) is 0 Å². The summed E-state index contributed by atoms with van der Waals surface area (Å²) in [6.07, 6.45) is 8.77. The van der Waals surface area contributed by atoms with Gasteiger partial charge in [0.2, 0.25) is 0 Å². The number of aromatic nitrogens is 1. The normalized spacial score (nSPS) is 23.8. The van der Waals surface area contributed by atoms with Crippen LogP contribution >= 0.6 is 0 Å². The number of pyridine rings is 1. The molecule has 25 heavy (non-hydrogen) atoms. The van der Waals surface area contributed by atoms with Gasteiger partial charge in [-0.2, -0.15) is 0 Å². The molecule has 1 aromatic heterocycles. The molecule has 0 amide bonds. The largest absolute Gasteiger partial charge is 0.489 e.